The van der Waals surface area contributed by atoms with Crippen LogP contribution in [0.15, 0.2) is 18.2 Å². The first kappa shape index (κ1) is 24.1. The fraction of sp³-hybridized carbons (Fsp3) is 0.600. The lowest BCUT2D eigenvalue weighted by atomic mass is 9.94. The minimum absolute atomic E-state index is 0.0872. The molecule has 0 N–H and O–H groups in total. The predicted molar refractivity (Wildman–Crippen MR) is 108 cm³/mol. The normalized spacial score (nSPS) is 18.4. The van der Waals surface area contributed by atoms with Crippen LogP contribution < -0.4 is 4.18 Å². The largest absolute Gasteiger partial charge is 0.534 e. The molecule has 1 aromatic rings. The van der Waals surface area contributed by atoms with E-state index in [9.17, 15) is 31.2 Å². The maximum absolute atomic E-state index is 13.0. The Hall–Kier alpha value is -2.50. The van der Waals surface area contributed by atoms with Crippen molar-refractivity contribution in [3.8, 4) is 5.75 Å². The molecule has 0 saturated carbocycles. The van der Waals surface area contributed by atoms with E-state index in [0.717, 1.165) is 12.1 Å². The number of hydrogen-bond donors (Lipinski definition) is 0. The van der Waals surface area contributed by atoms with Gasteiger partial charge in [-0.05, 0) is 63.8 Å². The first-order valence-corrected chi connectivity index (χ1v) is 11.5. The Kier molecular flexibility index (Phi) is 6.38. The first-order chi connectivity index (χ1) is 14.7. The average Bonchev–Trinajstić information content (AvgIpc) is 2.66. The fourth-order valence-electron chi connectivity index (χ4n) is 3.74. The Morgan fingerprint density at radius 2 is 1.72 bits per heavy atom. The Balaban J connectivity index is 1.65. The minimum atomic E-state index is -5.78. The number of hydrogen-bond acceptors (Lipinski definition) is 6. The number of alkyl halides is 3. The molecule has 0 atom stereocenters. The van der Waals surface area contributed by atoms with Crippen molar-refractivity contribution in [2.24, 2.45) is 0 Å². The van der Waals surface area contributed by atoms with Gasteiger partial charge >= 0.3 is 21.7 Å². The predicted octanol–water partition coefficient (Wildman–Crippen LogP) is 3.31. The highest BCUT2D eigenvalue weighted by Gasteiger charge is 2.48. The van der Waals surface area contributed by atoms with Crippen molar-refractivity contribution < 1.29 is 40.1 Å². The van der Waals surface area contributed by atoms with Crippen LogP contribution in [0.1, 0.15) is 49.5 Å². The quantitative estimate of drug-likeness (QED) is 0.489. The summed E-state index contributed by atoms with van der Waals surface area (Å²) in [4.78, 5) is 28.5. The molecule has 2 heterocycles. The van der Waals surface area contributed by atoms with Crippen molar-refractivity contribution in [1.82, 2.24) is 9.80 Å². The third kappa shape index (κ3) is 5.28. The van der Waals surface area contributed by atoms with Gasteiger partial charge in [0.25, 0.3) is 5.91 Å². The standard InChI is InChI=1S/C20H25F3N2O6S/c1-19(2,3)30-18(27)24-9-7-14(8-10-24)25-11-6-13-12-15(4-5-16(13)17(25)26)31-32(28,29)20(21,22)23/h4-5,12,14H,6-11H2,1-3H3. The van der Waals surface area contributed by atoms with Crippen molar-refractivity contribution in [3.05, 3.63) is 29.3 Å². The molecule has 12 heteroatoms. The molecule has 2 aliphatic heterocycles. The van der Waals surface area contributed by atoms with Crippen molar-refractivity contribution in [2.45, 2.75) is 57.2 Å². The molecule has 8 nitrogen and oxygen atoms in total. The van der Waals surface area contributed by atoms with Crippen LogP contribution in [0.25, 0.3) is 0 Å². The molecule has 0 spiro atoms. The van der Waals surface area contributed by atoms with Crippen LogP contribution in [-0.2, 0) is 21.3 Å². The highest BCUT2D eigenvalue weighted by Crippen LogP contribution is 2.31. The van der Waals surface area contributed by atoms with Crippen LogP contribution in [0, 0.1) is 0 Å². The molecule has 3 rings (SSSR count). The van der Waals surface area contributed by atoms with Gasteiger partial charge in [0.15, 0.2) is 0 Å². The summed E-state index contributed by atoms with van der Waals surface area (Å²) in [6.45, 7) is 6.58. The van der Waals surface area contributed by atoms with Crippen LogP contribution in [-0.4, -0.2) is 67.0 Å². The van der Waals surface area contributed by atoms with Crippen LogP contribution in [0.2, 0.25) is 0 Å². The number of fused-ring (bicyclic) bond motifs is 1. The van der Waals surface area contributed by atoms with Gasteiger partial charge in [-0.3, -0.25) is 4.79 Å². The smallest absolute Gasteiger partial charge is 0.444 e. The zero-order valence-corrected chi connectivity index (χ0v) is 18.8. The summed E-state index contributed by atoms with van der Waals surface area (Å²) < 4.78 is 69.5. The zero-order valence-electron chi connectivity index (χ0n) is 17.9. The fourth-order valence-corrected chi connectivity index (χ4v) is 4.19. The first-order valence-electron chi connectivity index (χ1n) is 10.1. The monoisotopic (exact) mass is 478 g/mol. The van der Waals surface area contributed by atoms with E-state index < -0.39 is 33.1 Å². The number of likely N-dealkylation sites (tertiary alicyclic amines) is 1. The summed E-state index contributed by atoms with van der Waals surface area (Å²) in [6, 6.07) is 3.38. The number of carbonyl (C=O) groups is 2. The Morgan fingerprint density at radius 1 is 1.09 bits per heavy atom. The van der Waals surface area contributed by atoms with Gasteiger partial charge in [0.1, 0.15) is 11.4 Å². The second kappa shape index (κ2) is 8.45. The van der Waals surface area contributed by atoms with E-state index in [1.807, 2.05) is 0 Å². The van der Waals surface area contributed by atoms with Gasteiger partial charge in [-0.15, -0.1) is 0 Å². The Bertz CT molecular complexity index is 996. The van der Waals surface area contributed by atoms with E-state index >= 15 is 0 Å². The molecule has 2 amide bonds. The Labute approximate surface area is 184 Å². The number of benzene rings is 1. The van der Waals surface area contributed by atoms with Gasteiger partial charge in [0.2, 0.25) is 0 Å². The van der Waals surface area contributed by atoms with Gasteiger partial charge < -0.3 is 18.7 Å². The van der Waals surface area contributed by atoms with Crippen LogP contribution in [0.4, 0.5) is 18.0 Å². The number of rotatable bonds is 3. The highest BCUT2D eigenvalue weighted by atomic mass is 32.2. The van der Waals surface area contributed by atoms with Gasteiger partial charge in [0.05, 0.1) is 0 Å². The summed E-state index contributed by atoms with van der Waals surface area (Å²) in [5.41, 5.74) is -5.42. The molecule has 178 valence electrons. The van der Waals surface area contributed by atoms with E-state index in [1.165, 1.54) is 6.07 Å². The molecular formula is C20H25F3N2O6S. The summed E-state index contributed by atoms with van der Waals surface area (Å²) in [5, 5.41) is 0. The molecule has 0 bridgehead atoms. The molecule has 1 aromatic carbocycles. The van der Waals surface area contributed by atoms with Crippen molar-refractivity contribution in [2.75, 3.05) is 19.6 Å². The van der Waals surface area contributed by atoms with E-state index in [2.05, 4.69) is 4.18 Å². The number of amides is 2. The molecule has 1 fully saturated rings. The highest BCUT2D eigenvalue weighted by molar-refractivity contribution is 7.88. The van der Waals surface area contributed by atoms with E-state index in [-0.39, 0.29) is 11.9 Å². The summed E-state index contributed by atoms with van der Waals surface area (Å²) in [7, 11) is -5.78. The topological polar surface area (TPSA) is 93.2 Å². The molecule has 0 aliphatic carbocycles. The average molecular weight is 478 g/mol. The molecular weight excluding hydrogens is 453 g/mol. The second-order valence-corrected chi connectivity index (χ2v) is 10.3. The molecule has 1 saturated heterocycles. The SMILES string of the molecule is CC(C)(C)OC(=O)N1CCC(N2CCc3cc(OS(=O)(=O)C(F)(F)F)ccc3C2=O)CC1. The summed E-state index contributed by atoms with van der Waals surface area (Å²) >= 11 is 0. The molecule has 0 aromatic heterocycles. The zero-order chi connectivity index (χ0) is 23.9. The maximum atomic E-state index is 13.0. The number of halogens is 3. The maximum Gasteiger partial charge on any atom is 0.534 e. The third-order valence-electron chi connectivity index (χ3n) is 5.24. The minimum Gasteiger partial charge on any atom is -0.444 e. The lowest BCUT2D eigenvalue weighted by Crippen LogP contribution is -2.51. The van der Waals surface area contributed by atoms with Gasteiger partial charge in [0, 0.05) is 31.2 Å². The molecule has 2 aliphatic rings. The molecule has 0 unspecified atom stereocenters. The van der Waals surface area contributed by atoms with Crippen LogP contribution in [0.3, 0.4) is 0 Å². The van der Waals surface area contributed by atoms with Crippen LogP contribution >= 0.6 is 0 Å². The summed E-state index contributed by atoms with van der Waals surface area (Å²) in [5.74, 6) is -0.778. The van der Waals surface area contributed by atoms with Crippen molar-refractivity contribution in [1.29, 1.82) is 0 Å². The second-order valence-electron chi connectivity index (χ2n) is 8.75. The van der Waals surface area contributed by atoms with E-state index in [1.54, 1.807) is 30.6 Å². The Morgan fingerprint density at radius 3 is 2.28 bits per heavy atom. The van der Waals surface area contributed by atoms with E-state index in [0.29, 0.717) is 50.0 Å². The lowest BCUT2D eigenvalue weighted by Gasteiger charge is -2.40. The number of nitrogens with zero attached hydrogens (tertiary/aromatic N) is 2. The van der Waals surface area contributed by atoms with E-state index in [4.69, 9.17) is 4.74 Å². The molecule has 32 heavy (non-hydrogen) atoms. The third-order valence-corrected chi connectivity index (χ3v) is 6.22. The van der Waals surface area contributed by atoms with Crippen LogP contribution in [0.5, 0.6) is 5.75 Å². The van der Waals surface area contributed by atoms with Gasteiger partial charge in [-0.2, -0.15) is 21.6 Å². The van der Waals surface area contributed by atoms with Gasteiger partial charge in [-0.1, -0.05) is 0 Å². The van der Waals surface area contributed by atoms with Crippen molar-refractivity contribution >= 4 is 22.1 Å². The molecule has 0 radical (unpaired) electrons. The van der Waals surface area contributed by atoms with Gasteiger partial charge in [-0.25, -0.2) is 4.79 Å². The number of ether oxygens (including phenoxy) is 1. The summed E-state index contributed by atoms with van der Waals surface area (Å²) in [6.07, 6.45) is 1.10. The number of piperidine rings is 1. The number of carbonyl (C=O) groups excluding carboxylic acids is 2. The lowest BCUT2D eigenvalue weighted by molar-refractivity contribution is -0.0500. The van der Waals surface area contributed by atoms with Crippen molar-refractivity contribution in [3.63, 3.8) is 0 Å².